The summed E-state index contributed by atoms with van der Waals surface area (Å²) in [4.78, 5) is 31.0. The van der Waals surface area contributed by atoms with Crippen LogP contribution in [0.15, 0.2) is 42.5 Å². The van der Waals surface area contributed by atoms with E-state index < -0.39 is 0 Å². The summed E-state index contributed by atoms with van der Waals surface area (Å²) in [7, 11) is 0. The SMILES string of the molecule is CCN1CCN(c2ccc(NC(=O)c3ccc(N4CCNC4=O)cc3)c(C)c2)CC1. The van der Waals surface area contributed by atoms with Crippen molar-refractivity contribution >= 4 is 29.0 Å². The van der Waals surface area contributed by atoms with Gasteiger partial charge in [-0.2, -0.15) is 0 Å². The number of piperazine rings is 1. The van der Waals surface area contributed by atoms with Gasteiger partial charge in [0.05, 0.1) is 0 Å². The molecule has 0 atom stereocenters. The highest BCUT2D eigenvalue weighted by molar-refractivity contribution is 6.05. The molecule has 0 saturated carbocycles. The van der Waals surface area contributed by atoms with Gasteiger partial charge in [0.1, 0.15) is 0 Å². The molecule has 0 aliphatic carbocycles. The first-order valence-electron chi connectivity index (χ1n) is 10.6. The molecule has 2 fully saturated rings. The van der Waals surface area contributed by atoms with Crippen molar-refractivity contribution in [3.8, 4) is 0 Å². The van der Waals surface area contributed by atoms with Crippen LogP contribution in [0.2, 0.25) is 0 Å². The van der Waals surface area contributed by atoms with Gasteiger partial charge in [-0.15, -0.1) is 0 Å². The van der Waals surface area contributed by atoms with E-state index in [-0.39, 0.29) is 11.9 Å². The van der Waals surface area contributed by atoms with Gasteiger partial charge in [0.15, 0.2) is 0 Å². The highest BCUT2D eigenvalue weighted by atomic mass is 16.2. The van der Waals surface area contributed by atoms with Crippen LogP contribution in [0.3, 0.4) is 0 Å². The summed E-state index contributed by atoms with van der Waals surface area (Å²) in [6, 6.07) is 13.3. The average molecular weight is 408 g/mol. The van der Waals surface area contributed by atoms with E-state index in [1.165, 1.54) is 5.69 Å². The molecule has 30 heavy (non-hydrogen) atoms. The van der Waals surface area contributed by atoms with Crippen molar-refractivity contribution in [2.24, 2.45) is 0 Å². The van der Waals surface area contributed by atoms with Crippen LogP contribution in [-0.2, 0) is 0 Å². The van der Waals surface area contributed by atoms with Crippen molar-refractivity contribution in [2.75, 3.05) is 60.9 Å². The first-order valence-corrected chi connectivity index (χ1v) is 10.6. The van der Waals surface area contributed by atoms with E-state index >= 15 is 0 Å². The molecule has 2 saturated heterocycles. The number of nitrogens with zero attached hydrogens (tertiary/aromatic N) is 3. The minimum atomic E-state index is -0.153. The third-order valence-electron chi connectivity index (χ3n) is 5.94. The van der Waals surface area contributed by atoms with Gasteiger partial charge in [-0.05, 0) is 61.5 Å². The number of hydrogen-bond donors (Lipinski definition) is 2. The second-order valence-corrected chi connectivity index (χ2v) is 7.81. The number of urea groups is 1. The number of amides is 3. The van der Waals surface area contributed by atoms with E-state index in [1.54, 1.807) is 17.0 Å². The van der Waals surface area contributed by atoms with Crippen LogP contribution in [0, 0.1) is 6.92 Å². The van der Waals surface area contributed by atoms with E-state index in [0.29, 0.717) is 18.7 Å². The number of carbonyl (C=O) groups excluding carboxylic acids is 2. The molecule has 2 N–H and O–H groups in total. The molecule has 0 aromatic heterocycles. The maximum absolute atomic E-state index is 12.7. The second kappa shape index (κ2) is 8.75. The van der Waals surface area contributed by atoms with Crippen LogP contribution in [-0.4, -0.2) is 62.7 Å². The number of benzene rings is 2. The Morgan fingerprint density at radius 2 is 1.70 bits per heavy atom. The Hall–Kier alpha value is -3.06. The Labute approximate surface area is 177 Å². The van der Waals surface area contributed by atoms with Gasteiger partial charge in [0, 0.05) is 61.9 Å². The zero-order valence-corrected chi connectivity index (χ0v) is 17.6. The first kappa shape index (κ1) is 20.2. The number of hydrogen-bond acceptors (Lipinski definition) is 4. The molecule has 2 aliphatic heterocycles. The van der Waals surface area contributed by atoms with Crippen molar-refractivity contribution in [2.45, 2.75) is 13.8 Å². The number of likely N-dealkylation sites (N-methyl/N-ethyl adjacent to an activating group) is 1. The summed E-state index contributed by atoms with van der Waals surface area (Å²) in [5.74, 6) is -0.153. The maximum atomic E-state index is 12.7. The molecule has 0 unspecified atom stereocenters. The van der Waals surface area contributed by atoms with E-state index in [0.717, 1.165) is 49.7 Å². The zero-order chi connectivity index (χ0) is 21.1. The minimum Gasteiger partial charge on any atom is -0.369 e. The fourth-order valence-electron chi connectivity index (χ4n) is 4.01. The lowest BCUT2D eigenvalue weighted by molar-refractivity contribution is 0.102. The molecule has 2 aliphatic rings. The Morgan fingerprint density at radius 3 is 2.30 bits per heavy atom. The van der Waals surface area contributed by atoms with Crippen molar-refractivity contribution in [3.63, 3.8) is 0 Å². The van der Waals surface area contributed by atoms with Crippen LogP contribution in [0.5, 0.6) is 0 Å². The Bertz CT molecular complexity index is 920. The summed E-state index contributed by atoms with van der Waals surface area (Å²) >= 11 is 0. The lowest BCUT2D eigenvalue weighted by atomic mass is 10.1. The summed E-state index contributed by atoms with van der Waals surface area (Å²) in [6.07, 6.45) is 0. The van der Waals surface area contributed by atoms with Gasteiger partial charge < -0.3 is 20.4 Å². The van der Waals surface area contributed by atoms with Gasteiger partial charge in [-0.25, -0.2) is 4.79 Å². The van der Waals surface area contributed by atoms with E-state index in [2.05, 4.69) is 39.5 Å². The molecule has 158 valence electrons. The fourth-order valence-corrected chi connectivity index (χ4v) is 4.01. The average Bonchev–Trinajstić information content (AvgIpc) is 3.21. The quantitative estimate of drug-likeness (QED) is 0.800. The Balaban J connectivity index is 1.40. The van der Waals surface area contributed by atoms with Gasteiger partial charge in [-0.3, -0.25) is 9.69 Å². The molecule has 0 bridgehead atoms. The Kier molecular flexibility index (Phi) is 5.90. The second-order valence-electron chi connectivity index (χ2n) is 7.81. The molecule has 3 amide bonds. The predicted molar refractivity (Wildman–Crippen MR) is 121 cm³/mol. The van der Waals surface area contributed by atoms with E-state index in [1.807, 2.05) is 25.1 Å². The summed E-state index contributed by atoms with van der Waals surface area (Å²) in [6.45, 7) is 10.8. The van der Waals surface area contributed by atoms with Crippen LogP contribution in [0.4, 0.5) is 21.9 Å². The normalized spacial score (nSPS) is 17.2. The largest absolute Gasteiger partial charge is 0.369 e. The standard InChI is InChI=1S/C23H29N5O2/c1-3-26-12-14-27(15-13-26)20-8-9-21(17(2)16-20)25-22(29)18-4-6-19(7-5-18)28-11-10-24-23(28)30/h4-9,16H,3,10-15H2,1-2H3,(H,24,30)(H,25,29). The van der Waals surface area contributed by atoms with Crippen molar-refractivity contribution < 1.29 is 9.59 Å². The van der Waals surface area contributed by atoms with Gasteiger partial charge in [0.2, 0.25) is 0 Å². The molecule has 2 aromatic rings. The van der Waals surface area contributed by atoms with Crippen LogP contribution >= 0.6 is 0 Å². The molecule has 7 heteroatoms. The number of anilines is 3. The third kappa shape index (κ3) is 4.26. The lowest BCUT2D eigenvalue weighted by Gasteiger charge is -2.35. The summed E-state index contributed by atoms with van der Waals surface area (Å²) in [5, 5.41) is 5.79. The molecule has 2 aromatic carbocycles. The van der Waals surface area contributed by atoms with Gasteiger partial charge in [0.25, 0.3) is 5.91 Å². The van der Waals surface area contributed by atoms with Crippen molar-refractivity contribution in [1.29, 1.82) is 0 Å². The van der Waals surface area contributed by atoms with Crippen LogP contribution in [0.25, 0.3) is 0 Å². The minimum absolute atomic E-state index is 0.0981. The molecule has 4 rings (SSSR count). The van der Waals surface area contributed by atoms with Gasteiger partial charge >= 0.3 is 6.03 Å². The molecular formula is C23H29N5O2. The zero-order valence-electron chi connectivity index (χ0n) is 17.6. The summed E-state index contributed by atoms with van der Waals surface area (Å²) in [5.41, 5.74) is 4.43. The number of aryl methyl sites for hydroxylation is 1. The molecular weight excluding hydrogens is 378 g/mol. The monoisotopic (exact) mass is 407 g/mol. The van der Waals surface area contributed by atoms with Crippen LogP contribution < -0.4 is 20.4 Å². The molecule has 2 heterocycles. The third-order valence-corrected chi connectivity index (χ3v) is 5.94. The topological polar surface area (TPSA) is 67.9 Å². The first-order chi connectivity index (χ1) is 14.5. The lowest BCUT2D eigenvalue weighted by Crippen LogP contribution is -2.46. The smallest absolute Gasteiger partial charge is 0.321 e. The number of carbonyl (C=O) groups is 2. The molecule has 0 radical (unpaired) electrons. The maximum Gasteiger partial charge on any atom is 0.321 e. The molecule has 7 nitrogen and oxygen atoms in total. The fraction of sp³-hybridized carbons (Fsp3) is 0.391. The molecule has 0 spiro atoms. The van der Waals surface area contributed by atoms with Crippen LogP contribution in [0.1, 0.15) is 22.8 Å². The van der Waals surface area contributed by atoms with Gasteiger partial charge in [-0.1, -0.05) is 6.92 Å². The van der Waals surface area contributed by atoms with E-state index in [9.17, 15) is 9.59 Å². The highest BCUT2D eigenvalue weighted by Crippen LogP contribution is 2.25. The van der Waals surface area contributed by atoms with Crippen molar-refractivity contribution in [3.05, 3.63) is 53.6 Å². The number of nitrogens with one attached hydrogen (secondary N) is 2. The summed E-state index contributed by atoms with van der Waals surface area (Å²) < 4.78 is 0. The number of rotatable bonds is 5. The predicted octanol–water partition coefficient (Wildman–Crippen LogP) is 2.92. The van der Waals surface area contributed by atoms with Crippen molar-refractivity contribution in [1.82, 2.24) is 10.2 Å². The highest BCUT2D eigenvalue weighted by Gasteiger charge is 2.21. The van der Waals surface area contributed by atoms with E-state index in [4.69, 9.17) is 0 Å². The Morgan fingerprint density at radius 1 is 1.00 bits per heavy atom.